The molecule has 0 aliphatic rings. The Morgan fingerprint density at radius 3 is 2.32 bits per heavy atom. The Kier molecular flexibility index (Phi) is 6.26. The first kappa shape index (κ1) is 19.5. The number of aryl methyl sites for hydroxylation is 1. The molecule has 0 heterocycles. The van der Waals surface area contributed by atoms with Gasteiger partial charge in [0.2, 0.25) is 15.9 Å². The highest BCUT2D eigenvalue weighted by Gasteiger charge is 2.20. The molecule has 0 aliphatic heterocycles. The van der Waals surface area contributed by atoms with E-state index in [2.05, 4.69) is 10.0 Å². The number of rotatable bonds is 6. The number of amides is 1. The van der Waals surface area contributed by atoms with E-state index in [1.54, 1.807) is 19.1 Å². The van der Waals surface area contributed by atoms with Crippen LogP contribution in [0.25, 0.3) is 0 Å². The van der Waals surface area contributed by atoms with Crippen LogP contribution in [0, 0.1) is 6.92 Å². The van der Waals surface area contributed by atoms with Gasteiger partial charge in [0.1, 0.15) is 0 Å². The summed E-state index contributed by atoms with van der Waals surface area (Å²) in [6.07, 6.45) is 1.87. The van der Waals surface area contributed by atoms with Crippen LogP contribution < -0.4 is 10.0 Å². The van der Waals surface area contributed by atoms with E-state index >= 15 is 0 Å². The van der Waals surface area contributed by atoms with Gasteiger partial charge >= 0.3 is 0 Å². The van der Waals surface area contributed by atoms with E-state index in [-0.39, 0.29) is 16.8 Å². The Bertz CT molecular complexity index is 862. The summed E-state index contributed by atoms with van der Waals surface area (Å²) < 4.78 is 28.1. The lowest BCUT2D eigenvalue weighted by Crippen LogP contribution is -2.27. The van der Waals surface area contributed by atoms with Crippen LogP contribution >= 0.6 is 11.8 Å². The number of thioether (sulfide) groups is 1. The zero-order chi connectivity index (χ0) is 18.6. The van der Waals surface area contributed by atoms with E-state index in [4.69, 9.17) is 0 Å². The van der Waals surface area contributed by atoms with E-state index in [9.17, 15) is 13.2 Å². The topological polar surface area (TPSA) is 75.3 Å². The predicted molar refractivity (Wildman–Crippen MR) is 102 cm³/mol. The fourth-order valence-electron chi connectivity index (χ4n) is 2.37. The second-order valence-corrected chi connectivity index (χ2v) is 8.36. The first-order valence-electron chi connectivity index (χ1n) is 7.77. The summed E-state index contributed by atoms with van der Waals surface area (Å²) in [4.78, 5) is 12.3. The summed E-state index contributed by atoms with van der Waals surface area (Å²) in [6, 6.07) is 12.1. The van der Waals surface area contributed by atoms with Gasteiger partial charge < -0.3 is 5.32 Å². The third-order valence-corrected chi connectivity index (χ3v) is 6.04. The molecule has 0 unspecified atom stereocenters. The van der Waals surface area contributed by atoms with Crippen molar-refractivity contribution in [2.24, 2.45) is 0 Å². The molecule has 0 aromatic heterocycles. The Hall–Kier alpha value is -1.83. The molecule has 1 amide bonds. The van der Waals surface area contributed by atoms with Crippen molar-refractivity contribution in [2.75, 3.05) is 11.6 Å². The average Bonchev–Trinajstić information content (AvgIpc) is 2.54. The molecule has 1 atom stereocenters. The van der Waals surface area contributed by atoms with E-state index in [1.165, 1.54) is 24.8 Å². The summed E-state index contributed by atoms with van der Waals surface area (Å²) in [6.45, 7) is 5.17. The van der Waals surface area contributed by atoms with Crippen molar-refractivity contribution in [1.82, 2.24) is 4.72 Å². The predicted octanol–water partition coefficient (Wildman–Crippen LogP) is 3.71. The lowest BCUT2D eigenvalue weighted by molar-refractivity contribution is -0.114. The van der Waals surface area contributed by atoms with Gasteiger partial charge in [0.15, 0.2) is 0 Å². The second-order valence-electron chi connectivity index (χ2n) is 5.80. The highest BCUT2D eigenvalue weighted by Crippen LogP contribution is 2.28. The van der Waals surface area contributed by atoms with Crippen molar-refractivity contribution in [3.05, 3.63) is 53.6 Å². The zero-order valence-corrected chi connectivity index (χ0v) is 16.3. The van der Waals surface area contributed by atoms with E-state index in [1.807, 2.05) is 37.4 Å². The lowest BCUT2D eigenvalue weighted by Gasteiger charge is -2.16. The van der Waals surface area contributed by atoms with Crippen molar-refractivity contribution in [1.29, 1.82) is 0 Å². The molecule has 2 aromatic carbocycles. The minimum Gasteiger partial charge on any atom is -0.325 e. The number of hydrogen-bond acceptors (Lipinski definition) is 4. The van der Waals surface area contributed by atoms with Crippen molar-refractivity contribution in [2.45, 2.75) is 36.6 Å². The summed E-state index contributed by atoms with van der Waals surface area (Å²) >= 11 is 1.44. The van der Waals surface area contributed by atoms with E-state index < -0.39 is 10.0 Å². The molecule has 5 nitrogen and oxygen atoms in total. The third-order valence-electron chi connectivity index (χ3n) is 3.70. The van der Waals surface area contributed by atoms with Gasteiger partial charge in [-0.25, -0.2) is 13.1 Å². The van der Waals surface area contributed by atoms with Crippen molar-refractivity contribution < 1.29 is 13.2 Å². The van der Waals surface area contributed by atoms with Gasteiger partial charge in [-0.2, -0.15) is 0 Å². The molecule has 134 valence electrons. The average molecular weight is 379 g/mol. The normalized spacial score (nSPS) is 12.6. The third kappa shape index (κ3) is 5.07. The van der Waals surface area contributed by atoms with Gasteiger partial charge in [0.05, 0.1) is 10.6 Å². The maximum absolute atomic E-state index is 12.7. The first-order chi connectivity index (χ1) is 11.7. The van der Waals surface area contributed by atoms with Gasteiger partial charge in [0.25, 0.3) is 0 Å². The SMILES string of the molecule is CSc1ccc(S(=O)(=O)N[C@H](C)c2ccc(C)cc2)cc1NC(C)=O. The Labute approximate surface area is 153 Å². The number of nitrogens with one attached hydrogen (secondary N) is 2. The minimum absolute atomic E-state index is 0.119. The van der Waals surface area contributed by atoms with Crippen LogP contribution in [0.2, 0.25) is 0 Å². The molecule has 2 rings (SSSR count). The van der Waals surface area contributed by atoms with Crippen LogP contribution in [0.3, 0.4) is 0 Å². The summed E-state index contributed by atoms with van der Waals surface area (Å²) in [7, 11) is -3.71. The number of anilines is 1. The molecule has 25 heavy (non-hydrogen) atoms. The smallest absolute Gasteiger partial charge is 0.241 e. The van der Waals surface area contributed by atoms with Crippen LogP contribution in [0.5, 0.6) is 0 Å². The molecule has 0 aliphatic carbocycles. The largest absolute Gasteiger partial charge is 0.325 e. The maximum Gasteiger partial charge on any atom is 0.241 e. The van der Waals surface area contributed by atoms with Crippen LogP contribution in [0.4, 0.5) is 5.69 Å². The summed E-state index contributed by atoms with van der Waals surface area (Å²) in [5.74, 6) is -0.245. The molecule has 0 bridgehead atoms. The minimum atomic E-state index is -3.71. The molecular formula is C18H22N2O3S2. The van der Waals surface area contributed by atoms with Gasteiger partial charge in [-0.1, -0.05) is 29.8 Å². The molecule has 0 radical (unpaired) electrons. The number of hydrogen-bond donors (Lipinski definition) is 2. The zero-order valence-electron chi connectivity index (χ0n) is 14.7. The first-order valence-corrected chi connectivity index (χ1v) is 10.5. The molecule has 0 saturated heterocycles. The van der Waals surface area contributed by atoms with Gasteiger partial charge in [-0.05, 0) is 43.9 Å². The number of carbonyl (C=O) groups is 1. The van der Waals surface area contributed by atoms with Crippen LogP contribution in [-0.4, -0.2) is 20.6 Å². The lowest BCUT2D eigenvalue weighted by atomic mass is 10.1. The van der Waals surface area contributed by atoms with E-state index in [0.717, 1.165) is 16.0 Å². The van der Waals surface area contributed by atoms with Gasteiger partial charge in [-0.3, -0.25) is 4.79 Å². The standard InChI is InChI=1S/C18H22N2O3S2/c1-12-5-7-15(8-6-12)13(2)20-25(22,23)16-9-10-18(24-4)17(11-16)19-14(3)21/h5-11,13,20H,1-4H3,(H,19,21)/t13-/m1/s1. The van der Waals surface area contributed by atoms with E-state index in [0.29, 0.717) is 5.69 Å². The fraction of sp³-hybridized carbons (Fsp3) is 0.278. The van der Waals surface area contributed by atoms with Gasteiger partial charge in [-0.15, -0.1) is 11.8 Å². The van der Waals surface area contributed by atoms with Crippen LogP contribution in [0.15, 0.2) is 52.3 Å². The molecule has 0 saturated carbocycles. The van der Waals surface area contributed by atoms with Crippen LogP contribution in [-0.2, 0) is 14.8 Å². The van der Waals surface area contributed by atoms with Crippen LogP contribution in [0.1, 0.15) is 31.0 Å². The second kappa shape index (κ2) is 8.03. The molecule has 0 spiro atoms. The Balaban J connectivity index is 2.29. The molecule has 2 aromatic rings. The number of benzene rings is 2. The van der Waals surface area contributed by atoms with Gasteiger partial charge in [0, 0.05) is 17.9 Å². The fourth-order valence-corrected chi connectivity index (χ4v) is 4.16. The van der Waals surface area contributed by atoms with Crippen molar-refractivity contribution in [3.8, 4) is 0 Å². The highest BCUT2D eigenvalue weighted by atomic mass is 32.2. The Morgan fingerprint density at radius 2 is 1.76 bits per heavy atom. The highest BCUT2D eigenvalue weighted by molar-refractivity contribution is 7.98. The molecule has 7 heteroatoms. The molecule has 2 N–H and O–H groups in total. The monoisotopic (exact) mass is 378 g/mol. The maximum atomic E-state index is 12.7. The number of carbonyl (C=O) groups excluding carboxylic acids is 1. The molecule has 0 fully saturated rings. The Morgan fingerprint density at radius 1 is 1.12 bits per heavy atom. The molecular weight excluding hydrogens is 356 g/mol. The number of sulfonamides is 1. The summed E-state index contributed by atoms with van der Waals surface area (Å²) in [5, 5.41) is 2.68. The van der Waals surface area contributed by atoms with Crippen molar-refractivity contribution >= 4 is 33.4 Å². The summed E-state index contributed by atoms with van der Waals surface area (Å²) in [5.41, 5.74) is 2.49. The quantitative estimate of drug-likeness (QED) is 0.751. The van der Waals surface area contributed by atoms with Crippen molar-refractivity contribution in [3.63, 3.8) is 0 Å².